The van der Waals surface area contributed by atoms with Crippen LogP contribution < -0.4 is 10.5 Å². The fourth-order valence-corrected chi connectivity index (χ4v) is 2.36. The smallest absolute Gasteiger partial charge is 0.375 e. The summed E-state index contributed by atoms with van der Waals surface area (Å²) in [5.41, 5.74) is 8.86. The molecule has 1 amide bonds. The van der Waals surface area contributed by atoms with Crippen LogP contribution in [0.4, 0.5) is 9.18 Å². The number of primary amides is 1. The summed E-state index contributed by atoms with van der Waals surface area (Å²) in [6.45, 7) is 4.05. The zero-order valence-electron chi connectivity index (χ0n) is 12.4. The number of benzene rings is 2. The van der Waals surface area contributed by atoms with Crippen LogP contribution in [0, 0.1) is 5.82 Å². The summed E-state index contributed by atoms with van der Waals surface area (Å²) in [6, 6.07) is 11.8. The number of nitrogens with zero attached hydrogens (tertiary/aromatic N) is 2. The van der Waals surface area contributed by atoms with Crippen molar-refractivity contribution >= 4 is 22.7 Å². The normalized spacial score (nSPS) is 10.7. The average Bonchev–Trinajstić information content (AvgIpc) is 2.82. The number of amides is 1. The van der Waals surface area contributed by atoms with E-state index in [1.807, 2.05) is 18.2 Å². The van der Waals surface area contributed by atoms with Crippen molar-refractivity contribution in [1.29, 1.82) is 0 Å². The lowest BCUT2D eigenvalue weighted by Gasteiger charge is -2.06. The Labute approximate surface area is 131 Å². The summed E-state index contributed by atoms with van der Waals surface area (Å²) >= 11 is 0. The first-order valence-corrected chi connectivity index (χ1v) is 6.84. The van der Waals surface area contributed by atoms with Crippen molar-refractivity contribution in [2.75, 3.05) is 0 Å². The highest BCUT2D eigenvalue weighted by Crippen LogP contribution is 2.27. The maximum absolute atomic E-state index is 13.0. The first-order chi connectivity index (χ1) is 11.0. The lowest BCUT2D eigenvalue weighted by atomic mass is 9.99. The van der Waals surface area contributed by atoms with Crippen LogP contribution >= 0.6 is 0 Å². The highest BCUT2D eigenvalue weighted by molar-refractivity contribution is 5.86. The van der Waals surface area contributed by atoms with Gasteiger partial charge in [-0.05, 0) is 41.0 Å². The van der Waals surface area contributed by atoms with E-state index in [1.54, 1.807) is 23.7 Å². The van der Waals surface area contributed by atoms with Crippen molar-refractivity contribution in [3.05, 3.63) is 66.0 Å². The molecule has 0 saturated carbocycles. The van der Waals surface area contributed by atoms with E-state index in [-0.39, 0.29) is 11.8 Å². The van der Waals surface area contributed by atoms with Crippen LogP contribution in [0.1, 0.15) is 11.1 Å². The molecule has 23 heavy (non-hydrogen) atoms. The van der Waals surface area contributed by atoms with Crippen LogP contribution in [0.3, 0.4) is 0 Å². The minimum absolute atomic E-state index is 0.122. The first-order valence-electron chi connectivity index (χ1n) is 6.84. The number of ether oxygens (including phenoxy) is 1. The van der Waals surface area contributed by atoms with Crippen molar-refractivity contribution in [3.8, 4) is 6.01 Å². The van der Waals surface area contributed by atoms with Gasteiger partial charge >= 0.3 is 12.1 Å². The van der Waals surface area contributed by atoms with Crippen LogP contribution in [0.2, 0.25) is 0 Å². The molecular weight excluding hydrogens is 297 g/mol. The number of aryl methyl sites for hydroxylation is 1. The molecule has 0 aliphatic carbocycles. The van der Waals surface area contributed by atoms with Gasteiger partial charge in [0.05, 0.1) is 11.0 Å². The Balaban J connectivity index is 2.01. The third-order valence-electron chi connectivity index (χ3n) is 3.57. The van der Waals surface area contributed by atoms with Crippen molar-refractivity contribution < 1.29 is 13.9 Å². The maximum Gasteiger partial charge on any atom is 0.412 e. The number of hydrogen-bond acceptors (Lipinski definition) is 3. The number of hydrogen-bond donors (Lipinski definition) is 1. The molecule has 3 aromatic rings. The van der Waals surface area contributed by atoms with Gasteiger partial charge in [-0.3, -0.25) is 4.57 Å². The minimum atomic E-state index is -0.917. The fraction of sp³-hybridized carbons (Fsp3) is 0.0588. The Hall–Kier alpha value is -3.15. The molecule has 0 spiro atoms. The fourth-order valence-electron chi connectivity index (χ4n) is 2.36. The zero-order valence-corrected chi connectivity index (χ0v) is 12.4. The van der Waals surface area contributed by atoms with Crippen molar-refractivity contribution in [3.63, 3.8) is 0 Å². The number of halogens is 1. The number of nitrogens with two attached hydrogens (primary N) is 1. The predicted octanol–water partition coefficient (Wildman–Crippen LogP) is 3.23. The number of fused-ring (bicyclic) bond motifs is 1. The van der Waals surface area contributed by atoms with E-state index >= 15 is 0 Å². The molecule has 0 radical (unpaired) electrons. The Bertz CT molecular complexity index is 913. The van der Waals surface area contributed by atoms with Gasteiger partial charge in [-0.2, -0.15) is 4.98 Å². The van der Waals surface area contributed by atoms with Crippen LogP contribution in [0.15, 0.2) is 49.0 Å². The Morgan fingerprint density at radius 2 is 1.87 bits per heavy atom. The second-order valence-electron chi connectivity index (χ2n) is 5.06. The van der Waals surface area contributed by atoms with Gasteiger partial charge in [0.15, 0.2) is 0 Å². The Kier molecular flexibility index (Phi) is 3.57. The summed E-state index contributed by atoms with van der Waals surface area (Å²) in [4.78, 5) is 15.1. The summed E-state index contributed by atoms with van der Waals surface area (Å²) in [5, 5.41) is 0. The van der Waals surface area contributed by atoms with Gasteiger partial charge in [0.1, 0.15) is 5.82 Å². The Morgan fingerprint density at radius 3 is 2.52 bits per heavy atom. The molecule has 116 valence electrons. The second-order valence-corrected chi connectivity index (χ2v) is 5.06. The van der Waals surface area contributed by atoms with Crippen LogP contribution in [0.25, 0.3) is 16.6 Å². The van der Waals surface area contributed by atoms with E-state index in [9.17, 15) is 9.18 Å². The molecule has 0 aliphatic heterocycles. The van der Waals surface area contributed by atoms with E-state index in [0.717, 1.165) is 22.2 Å². The molecular formula is C17H14FN3O2. The van der Waals surface area contributed by atoms with Crippen LogP contribution in [0.5, 0.6) is 6.01 Å². The quantitative estimate of drug-likeness (QED) is 0.807. The summed E-state index contributed by atoms with van der Waals surface area (Å²) in [5.74, 6) is -0.296. The van der Waals surface area contributed by atoms with E-state index < -0.39 is 6.09 Å². The van der Waals surface area contributed by atoms with E-state index in [4.69, 9.17) is 10.5 Å². The highest BCUT2D eigenvalue weighted by Gasteiger charge is 2.12. The van der Waals surface area contributed by atoms with Gasteiger partial charge in [-0.25, -0.2) is 9.18 Å². The molecule has 6 heteroatoms. The highest BCUT2D eigenvalue weighted by atomic mass is 19.1. The molecule has 2 aromatic carbocycles. The van der Waals surface area contributed by atoms with Crippen molar-refractivity contribution in [2.45, 2.75) is 0 Å². The molecule has 0 saturated heterocycles. The molecule has 3 rings (SSSR count). The topological polar surface area (TPSA) is 70.1 Å². The average molecular weight is 311 g/mol. The summed E-state index contributed by atoms with van der Waals surface area (Å²) in [6.07, 6.45) is -0.917. The van der Waals surface area contributed by atoms with Gasteiger partial charge < -0.3 is 10.5 Å². The van der Waals surface area contributed by atoms with Gasteiger partial charge in [-0.1, -0.05) is 24.8 Å². The number of carbonyl (C=O) groups is 1. The molecule has 0 unspecified atom stereocenters. The lowest BCUT2D eigenvalue weighted by Crippen LogP contribution is -2.18. The standard InChI is InChI=1S/C17H14FN3O2/c1-10(11-3-6-13(18)7-4-11)12-5-8-15-14(9-12)20-17(21(15)2)23-16(19)22/h3-9H,1H2,2H3,(H2,19,22). The number of imidazole rings is 1. The largest absolute Gasteiger partial charge is 0.412 e. The number of rotatable bonds is 3. The maximum atomic E-state index is 13.0. The molecule has 1 aromatic heterocycles. The summed E-state index contributed by atoms with van der Waals surface area (Å²) < 4.78 is 19.5. The third-order valence-corrected chi connectivity index (χ3v) is 3.57. The molecule has 0 aliphatic rings. The van der Waals surface area contributed by atoms with Gasteiger partial charge in [0, 0.05) is 7.05 Å². The first kappa shape index (κ1) is 14.8. The lowest BCUT2D eigenvalue weighted by molar-refractivity contribution is 0.205. The van der Waals surface area contributed by atoms with Crippen molar-refractivity contribution in [2.24, 2.45) is 12.8 Å². The van der Waals surface area contributed by atoms with Crippen LogP contribution in [-0.4, -0.2) is 15.6 Å². The predicted molar refractivity (Wildman–Crippen MR) is 85.5 cm³/mol. The van der Waals surface area contributed by atoms with Gasteiger partial charge in [0.25, 0.3) is 0 Å². The molecule has 0 fully saturated rings. The minimum Gasteiger partial charge on any atom is -0.375 e. The van der Waals surface area contributed by atoms with Crippen LogP contribution in [-0.2, 0) is 7.05 Å². The SMILES string of the molecule is C=C(c1ccc(F)cc1)c1ccc2c(c1)nc(OC(N)=O)n2C. The van der Waals surface area contributed by atoms with Gasteiger partial charge in [-0.15, -0.1) is 0 Å². The molecule has 0 bridgehead atoms. The molecule has 0 atom stereocenters. The molecule has 5 nitrogen and oxygen atoms in total. The molecule has 1 heterocycles. The van der Waals surface area contributed by atoms with E-state index in [0.29, 0.717) is 5.52 Å². The zero-order chi connectivity index (χ0) is 16.6. The Morgan fingerprint density at radius 1 is 1.22 bits per heavy atom. The second kappa shape index (κ2) is 5.57. The molecule has 2 N–H and O–H groups in total. The third kappa shape index (κ3) is 2.78. The van der Waals surface area contributed by atoms with E-state index in [1.165, 1.54) is 12.1 Å². The van der Waals surface area contributed by atoms with E-state index in [2.05, 4.69) is 11.6 Å². The summed E-state index contributed by atoms with van der Waals surface area (Å²) in [7, 11) is 1.72. The number of carbonyl (C=O) groups excluding carboxylic acids is 1. The monoisotopic (exact) mass is 311 g/mol. The van der Waals surface area contributed by atoms with Gasteiger partial charge in [0.2, 0.25) is 0 Å². The van der Waals surface area contributed by atoms with Crippen molar-refractivity contribution in [1.82, 2.24) is 9.55 Å². The number of aromatic nitrogens is 2.